The predicted octanol–water partition coefficient (Wildman–Crippen LogP) is 4.88. The molecule has 1 N–H and O–H groups in total. The minimum absolute atomic E-state index is 0.235. The van der Waals surface area contributed by atoms with E-state index in [9.17, 15) is 8.42 Å². The molecule has 8 heteroatoms. The SMILES string of the molecule is Cn1c(-c2ccc(S(C)(=O)=O)cc2)nc2cc(C3CCN(C4CCNCC4)[C@H](CC4CC4)C3)cc(F)c21. The quantitative estimate of drug-likeness (QED) is 0.498. The van der Waals surface area contributed by atoms with Gasteiger partial charge in [0.2, 0.25) is 0 Å². The monoisotopic (exact) mass is 524 g/mol. The first kappa shape index (κ1) is 25.0. The fraction of sp³-hybridized carbons (Fsp3) is 0.552. The van der Waals surface area contributed by atoms with E-state index in [0.717, 1.165) is 49.5 Å². The summed E-state index contributed by atoms with van der Waals surface area (Å²) in [5.74, 6) is 1.62. The van der Waals surface area contributed by atoms with Gasteiger partial charge in [-0.1, -0.05) is 12.8 Å². The lowest BCUT2D eigenvalue weighted by atomic mass is 9.82. The molecule has 1 unspecified atom stereocenters. The summed E-state index contributed by atoms with van der Waals surface area (Å²) in [6, 6.07) is 11.7. The highest BCUT2D eigenvalue weighted by atomic mass is 32.2. The van der Waals surface area contributed by atoms with Crippen molar-refractivity contribution in [2.24, 2.45) is 13.0 Å². The summed E-state index contributed by atoms with van der Waals surface area (Å²) >= 11 is 0. The van der Waals surface area contributed by atoms with E-state index >= 15 is 4.39 Å². The Morgan fingerprint density at radius 3 is 2.46 bits per heavy atom. The molecule has 2 aliphatic heterocycles. The third-order valence-electron chi connectivity index (χ3n) is 8.80. The summed E-state index contributed by atoms with van der Waals surface area (Å²) in [5, 5.41) is 3.50. The fourth-order valence-electron chi connectivity index (χ4n) is 6.62. The number of piperidine rings is 2. The second-order valence-electron chi connectivity index (χ2n) is 11.4. The molecule has 0 radical (unpaired) electrons. The van der Waals surface area contributed by atoms with Gasteiger partial charge in [0, 0.05) is 31.0 Å². The maximum absolute atomic E-state index is 15.5. The van der Waals surface area contributed by atoms with Crippen molar-refractivity contribution in [1.82, 2.24) is 19.8 Å². The molecule has 37 heavy (non-hydrogen) atoms. The average molecular weight is 525 g/mol. The van der Waals surface area contributed by atoms with Gasteiger partial charge in [-0.15, -0.1) is 0 Å². The number of aryl methyl sites for hydroxylation is 1. The Morgan fingerprint density at radius 1 is 1.05 bits per heavy atom. The molecule has 6 nitrogen and oxygen atoms in total. The summed E-state index contributed by atoms with van der Waals surface area (Å²) in [4.78, 5) is 7.87. The van der Waals surface area contributed by atoms with E-state index in [0.29, 0.717) is 34.9 Å². The molecule has 2 atom stereocenters. The summed E-state index contributed by atoms with van der Waals surface area (Å²) < 4.78 is 41.0. The maximum Gasteiger partial charge on any atom is 0.175 e. The fourth-order valence-corrected chi connectivity index (χ4v) is 7.25. The second kappa shape index (κ2) is 9.79. The Hall–Kier alpha value is -2.29. The molecule has 2 saturated heterocycles. The van der Waals surface area contributed by atoms with Crippen LogP contribution in [0.25, 0.3) is 22.4 Å². The third-order valence-corrected chi connectivity index (χ3v) is 9.93. The number of sulfone groups is 1. The highest BCUT2D eigenvalue weighted by Crippen LogP contribution is 2.42. The Labute approximate surface area is 219 Å². The Balaban J connectivity index is 1.28. The molecule has 3 aliphatic rings. The Kier molecular flexibility index (Phi) is 6.62. The van der Waals surface area contributed by atoms with E-state index in [1.54, 1.807) is 34.9 Å². The van der Waals surface area contributed by atoms with Crippen molar-refractivity contribution in [3.8, 4) is 11.4 Å². The van der Waals surface area contributed by atoms with E-state index in [4.69, 9.17) is 4.98 Å². The molecule has 198 valence electrons. The van der Waals surface area contributed by atoms with Crippen LogP contribution >= 0.6 is 0 Å². The van der Waals surface area contributed by atoms with Crippen molar-refractivity contribution in [3.05, 3.63) is 47.8 Å². The number of nitrogens with one attached hydrogen (secondary N) is 1. The van der Waals surface area contributed by atoms with Gasteiger partial charge in [0.15, 0.2) is 9.84 Å². The van der Waals surface area contributed by atoms with Crippen molar-refractivity contribution in [2.75, 3.05) is 25.9 Å². The topological polar surface area (TPSA) is 67.2 Å². The van der Waals surface area contributed by atoms with Crippen LogP contribution in [0.4, 0.5) is 4.39 Å². The van der Waals surface area contributed by atoms with Gasteiger partial charge in [0.1, 0.15) is 17.2 Å². The van der Waals surface area contributed by atoms with Crippen LogP contribution in [0.2, 0.25) is 0 Å². The molecule has 2 aromatic carbocycles. The van der Waals surface area contributed by atoms with Gasteiger partial charge < -0.3 is 9.88 Å². The molecule has 6 rings (SSSR count). The number of nitrogens with zero attached hydrogens (tertiary/aromatic N) is 3. The number of benzene rings is 2. The van der Waals surface area contributed by atoms with Crippen LogP contribution < -0.4 is 5.32 Å². The van der Waals surface area contributed by atoms with Crippen LogP contribution in [0.3, 0.4) is 0 Å². The molecule has 1 aromatic heterocycles. The van der Waals surface area contributed by atoms with Gasteiger partial charge in [-0.25, -0.2) is 17.8 Å². The van der Waals surface area contributed by atoms with Crippen LogP contribution in [0.5, 0.6) is 0 Å². The van der Waals surface area contributed by atoms with Crippen LogP contribution in [-0.4, -0.2) is 60.8 Å². The molecular formula is C29H37FN4O2S. The van der Waals surface area contributed by atoms with Crippen molar-refractivity contribution in [1.29, 1.82) is 0 Å². The summed E-state index contributed by atoms with van der Waals surface area (Å²) in [5.41, 5.74) is 2.99. The normalized spacial score (nSPS) is 24.1. The third kappa shape index (κ3) is 5.08. The number of halogens is 1. The lowest BCUT2D eigenvalue weighted by molar-refractivity contribution is 0.0598. The standard InChI is InChI=1S/C29H37FN4O2S/c1-33-28-26(30)17-22(18-27(28)32-29(33)20-5-7-25(8-6-20)37(2,35)36)21-11-14-34(23-9-12-31-13-10-23)24(16-21)15-19-3-4-19/h5-8,17-19,21,23-24,31H,3-4,9-16H2,1-2H3/t21?,24-/m1/s1. The van der Waals surface area contributed by atoms with Crippen LogP contribution in [-0.2, 0) is 16.9 Å². The first-order chi connectivity index (χ1) is 17.8. The molecule has 1 aliphatic carbocycles. The van der Waals surface area contributed by atoms with Crippen molar-refractivity contribution in [3.63, 3.8) is 0 Å². The zero-order chi connectivity index (χ0) is 25.7. The molecule has 0 spiro atoms. The summed E-state index contributed by atoms with van der Waals surface area (Å²) in [6.07, 6.45) is 9.82. The van der Waals surface area contributed by atoms with Gasteiger partial charge in [-0.3, -0.25) is 4.90 Å². The highest BCUT2D eigenvalue weighted by molar-refractivity contribution is 7.90. The minimum Gasteiger partial charge on any atom is -0.325 e. The number of likely N-dealkylation sites (tertiary alicyclic amines) is 1. The predicted molar refractivity (Wildman–Crippen MR) is 145 cm³/mol. The zero-order valence-electron chi connectivity index (χ0n) is 21.8. The Morgan fingerprint density at radius 2 is 1.78 bits per heavy atom. The van der Waals surface area contributed by atoms with E-state index in [1.165, 1.54) is 38.4 Å². The second-order valence-corrected chi connectivity index (χ2v) is 13.5. The van der Waals surface area contributed by atoms with E-state index in [2.05, 4.69) is 16.3 Å². The van der Waals surface area contributed by atoms with Gasteiger partial charge in [0.25, 0.3) is 0 Å². The minimum atomic E-state index is -3.27. The molecule has 3 heterocycles. The van der Waals surface area contributed by atoms with E-state index in [-0.39, 0.29) is 10.7 Å². The van der Waals surface area contributed by atoms with Crippen LogP contribution in [0, 0.1) is 11.7 Å². The molecule has 3 fully saturated rings. The van der Waals surface area contributed by atoms with E-state index < -0.39 is 9.84 Å². The number of fused-ring (bicyclic) bond motifs is 1. The average Bonchev–Trinajstić information content (AvgIpc) is 3.64. The summed E-state index contributed by atoms with van der Waals surface area (Å²) in [7, 11) is -1.45. The van der Waals surface area contributed by atoms with Crippen LogP contribution in [0.1, 0.15) is 56.4 Å². The number of imidazole rings is 1. The molecular weight excluding hydrogens is 487 g/mol. The van der Waals surface area contributed by atoms with Gasteiger partial charge >= 0.3 is 0 Å². The lowest BCUT2D eigenvalue weighted by Crippen LogP contribution is -2.51. The lowest BCUT2D eigenvalue weighted by Gasteiger charge is -2.45. The van der Waals surface area contributed by atoms with E-state index in [1.807, 2.05) is 7.05 Å². The molecule has 1 saturated carbocycles. The van der Waals surface area contributed by atoms with Gasteiger partial charge in [-0.2, -0.15) is 0 Å². The summed E-state index contributed by atoms with van der Waals surface area (Å²) in [6.45, 7) is 3.32. The number of aromatic nitrogens is 2. The van der Waals surface area contributed by atoms with Crippen molar-refractivity contribution in [2.45, 2.75) is 67.8 Å². The molecule has 0 amide bonds. The first-order valence-electron chi connectivity index (χ1n) is 13.7. The molecule has 3 aromatic rings. The maximum atomic E-state index is 15.5. The number of rotatable bonds is 6. The number of hydrogen-bond acceptors (Lipinski definition) is 5. The van der Waals surface area contributed by atoms with Crippen molar-refractivity contribution >= 4 is 20.9 Å². The molecule has 0 bridgehead atoms. The number of hydrogen-bond donors (Lipinski definition) is 1. The van der Waals surface area contributed by atoms with Crippen molar-refractivity contribution < 1.29 is 12.8 Å². The largest absolute Gasteiger partial charge is 0.325 e. The van der Waals surface area contributed by atoms with Crippen LogP contribution in [0.15, 0.2) is 41.3 Å². The smallest absolute Gasteiger partial charge is 0.175 e. The first-order valence-corrected chi connectivity index (χ1v) is 15.6. The zero-order valence-corrected chi connectivity index (χ0v) is 22.6. The Bertz CT molecular complexity index is 1390. The van der Waals surface area contributed by atoms with Gasteiger partial charge in [0.05, 0.1) is 10.4 Å². The highest BCUT2D eigenvalue weighted by Gasteiger charge is 2.37. The van der Waals surface area contributed by atoms with Gasteiger partial charge in [-0.05, 0) is 106 Å².